The van der Waals surface area contributed by atoms with Crippen molar-refractivity contribution in [3.8, 4) is 0 Å². The number of carbonyl (C=O) groups excluding carboxylic acids is 1. The van der Waals surface area contributed by atoms with Crippen LogP contribution in [0.25, 0.3) is 0 Å². The molecule has 1 aromatic carbocycles. The van der Waals surface area contributed by atoms with Crippen LogP contribution in [0.1, 0.15) is 26.3 Å². The van der Waals surface area contributed by atoms with E-state index in [1.54, 1.807) is 7.11 Å². The zero-order valence-corrected chi connectivity index (χ0v) is 12.2. The highest BCUT2D eigenvalue weighted by molar-refractivity contribution is 5.95. The number of nitrogens with two attached hydrogens (primary N) is 1. The maximum atomic E-state index is 12.1. The smallest absolute Gasteiger partial charge is 0.241 e. The van der Waals surface area contributed by atoms with E-state index in [4.69, 9.17) is 10.5 Å². The summed E-state index contributed by atoms with van der Waals surface area (Å²) in [6.45, 7) is 6.48. The number of carbonyl (C=O) groups is 1. The molecule has 1 amide bonds. The van der Waals surface area contributed by atoms with Gasteiger partial charge in [0.25, 0.3) is 0 Å². The molecule has 1 atom stereocenters. The molecule has 0 aliphatic carbocycles. The molecule has 0 spiro atoms. The molecule has 0 saturated carbocycles. The van der Waals surface area contributed by atoms with Gasteiger partial charge in [-0.1, -0.05) is 39.0 Å². The third-order valence-electron chi connectivity index (χ3n) is 3.07. The molecule has 1 rings (SSSR count). The minimum atomic E-state index is -0.539. The van der Waals surface area contributed by atoms with Crippen molar-refractivity contribution >= 4 is 11.6 Å². The van der Waals surface area contributed by atoms with Crippen LogP contribution >= 0.6 is 0 Å². The van der Waals surface area contributed by atoms with Gasteiger partial charge in [0.05, 0.1) is 12.6 Å². The quantitative estimate of drug-likeness (QED) is 0.856. The number of benzene rings is 1. The topological polar surface area (TPSA) is 64.3 Å². The first-order valence-corrected chi connectivity index (χ1v) is 6.49. The number of para-hydroxylation sites is 1. The highest BCUT2D eigenvalue weighted by Crippen LogP contribution is 2.21. The molecule has 4 heteroatoms. The predicted molar refractivity (Wildman–Crippen MR) is 78.1 cm³/mol. The first kappa shape index (κ1) is 15.7. The lowest BCUT2D eigenvalue weighted by Crippen LogP contribution is -2.45. The summed E-state index contributed by atoms with van der Waals surface area (Å²) in [6.07, 6.45) is 0.762. The van der Waals surface area contributed by atoms with E-state index in [2.05, 4.69) is 5.32 Å². The first-order valence-electron chi connectivity index (χ1n) is 6.49. The molecule has 3 N–H and O–H groups in total. The summed E-state index contributed by atoms with van der Waals surface area (Å²) < 4.78 is 5.07. The van der Waals surface area contributed by atoms with Crippen LogP contribution in [0.3, 0.4) is 0 Å². The van der Waals surface area contributed by atoms with Crippen molar-refractivity contribution in [2.75, 3.05) is 19.0 Å². The van der Waals surface area contributed by atoms with E-state index < -0.39 is 6.04 Å². The van der Waals surface area contributed by atoms with Gasteiger partial charge in [-0.15, -0.1) is 0 Å². The lowest BCUT2D eigenvalue weighted by Gasteiger charge is -2.26. The summed E-state index contributed by atoms with van der Waals surface area (Å²) >= 11 is 0. The standard InChI is InChI=1S/C15H24N2O2/c1-15(2,3)13(16)14(18)17-12-8-6-5-7-11(12)9-10-19-4/h5-8,13H,9-10,16H2,1-4H3,(H,17,18)/t13-/m1/s1. The number of amides is 1. The van der Waals surface area contributed by atoms with E-state index in [1.165, 1.54) is 0 Å². The van der Waals surface area contributed by atoms with Gasteiger partial charge in [0, 0.05) is 12.8 Å². The van der Waals surface area contributed by atoms with E-state index in [0.29, 0.717) is 6.61 Å². The van der Waals surface area contributed by atoms with Crippen molar-refractivity contribution in [2.45, 2.75) is 33.2 Å². The second kappa shape index (κ2) is 6.68. The van der Waals surface area contributed by atoms with Gasteiger partial charge < -0.3 is 15.8 Å². The Balaban J connectivity index is 2.79. The highest BCUT2D eigenvalue weighted by Gasteiger charge is 2.27. The summed E-state index contributed by atoms with van der Waals surface area (Å²) in [6, 6.07) is 7.18. The summed E-state index contributed by atoms with van der Waals surface area (Å²) in [5.74, 6) is -0.155. The fourth-order valence-corrected chi connectivity index (χ4v) is 1.68. The van der Waals surface area contributed by atoms with Crippen LogP contribution in [-0.2, 0) is 16.0 Å². The number of methoxy groups -OCH3 is 1. The Morgan fingerprint density at radius 3 is 2.58 bits per heavy atom. The van der Waals surface area contributed by atoms with Crippen molar-refractivity contribution in [3.05, 3.63) is 29.8 Å². The zero-order chi connectivity index (χ0) is 14.5. The van der Waals surface area contributed by atoms with Crippen LogP contribution in [0.5, 0.6) is 0 Å². The molecule has 0 aromatic heterocycles. The molecule has 0 saturated heterocycles. The fourth-order valence-electron chi connectivity index (χ4n) is 1.68. The second-order valence-corrected chi connectivity index (χ2v) is 5.73. The number of nitrogens with one attached hydrogen (secondary N) is 1. The molecular weight excluding hydrogens is 240 g/mol. The first-order chi connectivity index (χ1) is 8.86. The number of ether oxygens (including phenoxy) is 1. The molecule has 106 valence electrons. The van der Waals surface area contributed by atoms with Crippen LogP contribution in [0.15, 0.2) is 24.3 Å². The zero-order valence-electron chi connectivity index (χ0n) is 12.2. The average Bonchev–Trinajstić information content (AvgIpc) is 2.35. The molecule has 0 unspecified atom stereocenters. The van der Waals surface area contributed by atoms with E-state index in [1.807, 2.05) is 45.0 Å². The van der Waals surface area contributed by atoms with Gasteiger partial charge in [-0.05, 0) is 23.5 Å². The number of hydrogen-bond donors (Lipinski definition) is 2. The number of hydrogen-bond acceptors (Lipinski definition) is 3. The third kappa shape index (κ3) is 4.65. The Labute approximate surface area is 115 Å². The van der Waals surface area contributed by atoms with Crippen LogP contribution in [0.4, 0.5) is 5.69 Å². The van der Waals surface area contributed by atoms with Crippen LogP contribution in [-0.4, -0.2) is 25.7 Å². The lowest BCUT2D eigenvalue weighted by atomic mass is 9.87. The molecule has 0 aliphatic rings. The molecule has 0 bridgehead atoms. The highest BCUT2D eigenvalue weighted by atomic mass is 16.5. The monoisotopic (exact) mass is 264 g/mol. The summed E-state index contributed by atoms with van der Waals surface area (Å²) in [5, 5.41) is 2.91. The van der Waals surface area contributed by atoms with Gasteiger partial charge in [-0.3, -0.25) is 4.79 Å². The lowest BCUT2D eigenvalue weighted by molar-refractivity contribution is -0.119. The summed E-state index contributed by atoms with van der Waals surface area (Å²) in [4.78, 5) is 12.1. The summed E-state index contributed by atoms with van der Waals surface area (Å²) in [5.41, 5.74) is 7.56. The SMILES string of the molecule is COCCc1ccccc1NC(=O)[C@@H](N)C(C)(C)C. The van der Waals surface area contributed by atoms with Crippen molar-refractivity contribution in [1.82, 2.24) is 0 Å². The Hall–Kier alpha value is -1.39. The van der Waals surface area contributed by atoms with Crippen molar-refractivity contribution < 1.29 is 9.53 Å². The third-order valence-corrected chi connectivity index (χ3v) is 3.07. The Morgan fingerprint density at radius 1 is 1.37 bits per heavy atom. The van der Waals surface area contributed by atoms with Crippen LogP contribution in [0.2, 0.25) is 0 Å². The molecule has 19 heavy (non-hydrogen) atoms. The van der Waals surface area contributed by atoms with Gasteiger partial charge in [-0.2, -0.15) is 0 Å². The van der Waals surface area contributed by atoms with E-state index in [-0.39, 0.29) is 11.3 Å². The Kier molecular flexibility index (Phi) is 5.51. The van der Waals surface area contributed by atoms with Crippen molar-refractivity contribution in [1.29, 1.82) is 0 Å². The largest absolute Gasteiger partial charge is 0.384 e. The van der Waals surface area contributed by atoms with E-state index in [0.717, 1.165) is 17.7 Å². The summed E-state index contributed by atoms with van der Waals surface area (Å²) in [7, 11) is 1.66. The van der Waals surface area contributed by atoms with Crippen molar-refractivity contribution in [3.63, 3.8) is 0 Å². The molecule has 0 heterocycles. The predicted octanol–water partition coefficient (Wildman–Crippen LogP) is 2.19. The van der Waals surface area contributed by atoms with Crippen LogP contribution < -0.4 is 11.1 Å². The maximum Gasteiger partial charge on any atom is 0.241 e. The van der Waals surface area contributed by atoms with Gasteiger partial charge in [0.15, 0.2) is 0 Å². The number of anilines is 1. The Morgan fingerprint density at radius 2 is 2.00 bits per heavy atom. The molecular formula is C15H24N2O2. The second-order valence-electron chi connectivity index (χ2n) is 5.73. The normalized spacial score (nSPS) is 13.1. The molecule has 1 aromatic rings. The van der Waals surface area contributed by atoms with E-state index >= 15 is 0 Å². The maximum absolute atomic E-state index is 12.1. The van der Waals surface area contributed by atoms with Gasteiger partial charge in [0.1, 0.15) is 0 Å². The molecule has 0 aliphatic heterocycles. The van der Waals surface area contributed by atoms with Crippen LogP contribution in [0, 0.1) is 5.41 Å². The van der Waals surface area contributed by atoms with E-state index in [9.17, 15) is 4.79 Å². The molecule has 0 fully saturated rings. The fraction of sp³-hybridized carbons (Fsp3) is 0.533. The minimum Gasteiger partial charge on any atom is -0.384 e. The molecule has 0 radical (unpaired) electrons. The average molecular weight is 264 g/mol. The minimum absolute atomic E-state index is 0.155. The van der Waals surface area contributed by atoms with Gasteiger partial charge in [0.2, 0.25) is 5.91 Å². The van der Waals surface area contributed by atoms with Crippen molar-refractivity contribution in [2.24, 2.45) is 11.1 Å². The van der Waals surface area contributed by atoms with Gasteiger partial charge in [-0.25, -0.2) is 0 Å². The Bertz CT molecular complexity index is 424. The van der Waals surface area contributed by atoms with Gasteiger partial charge >= 0.3 is 0 Å². The number of rotatable bonds is 5. The molecule has 4 nitrogen and oxygen atoms in total.